The Morgan fingerprint density at radius 3 is 2.75 bits per heavy atom. The Bertz CT molecular complexity index is 702. The van der Waals surface area contributed by atoms with E-state index in [-0.39, 0.29) is 31.5 Å². The van der Waals surface area contributed by atoms with Gasteiger partial charge in [-0.25, -0.2) is 4.79 Å². The summed E-state index contributed by atoms with van der Waals surface area (Å²) in [4.78, 5) is 49.6. The number of carbonyl (C=O) groups excluding carboxylic acids is 4. The van der Waals surface area contributed by atoms with E-state index in [4.69, 9.17) is 0 Å². The second-order valence-electron chi connectivity index (χ2n) is 5.95. The second kappa shape index (κ2) is 6.31. The molecule has 1 atom stereocenters. The number of aryl methyl sites for hydroxylation is 1. The van der Waals surface area contributed by atoms with Crippen LogP contribution in [0.2, 0.25) is 0 Å². The molecule has 5 amide bonds. The molecule has 0 aliphatic carbocycles. The largest absolute Gasteiger partial charge is 0.349 e. The number of rotatable bonds is 4. The Labute approximate surface area is 138 Å². The van der Waals surface area contributed by atoms with Gasteiger partial charge in [-0.2, -0.15) is 0 Å². The molecule has 8 nitrogen and oxygen atoms in total. The third-order valence-corrected chi connectivity index (χ3v) is 4.04. The number of nitrogens with one attached hydrogen (secondary N) is 2. The maximum Gasteiger partial charge on any atom is 0.325 e. The van der Waals surface area contributed by atoms with Gasteiger partial charge in [0, 0.05) is 18.7 Å². The number of anilines is 1. The molecule has 2 aliphatic heterocycles. The molecule has 126 valence electrons. The number of nitrogens with zero attached hydrogens (tertiary/aromatic N) is 2. The molecule has 2 aliphatic rings. The normalized spacial score (nSPS) is 20.5. The highest BCUT2D eigenvalue weighted by Crippen LogP contribution is 2.22. The summed E-state index contributed by atoms with van der Waals surface area (Å²) in [6.45, 7) is 1.89. The van der Waals surface area contributed by atoms with E-state index in [9.17, 15) is 19.2 Å². The Hall–Kier alpha value is -2.90. The Morgan fingerprint density at radius 1 is 1.29 bits per heavy atom. The van der Waals surface area contributed by atoms with Crippen LogP contribution in [0.5, 0.6) is 0 Å². The van der Waals surface area contributed by atoms with E-state index < -0.39 is 17.8 Å². The number of hydrogen-bond acceptors (Lipinski definition) is 4. The van der Waals surface area contributed by atoms with Crippen molar-refractivity contribution in [2.45, 2.75) is 19.4 Å². The third kappa shape index (κ3) is 3.22. The van der Waals surface area contributed by atoms with Crippen molar-refractivity contribution in [3.8, 4) is 0 Å². The third-order valence-electron chi connectivity index (χ3n) is 4.04. The summed E-state index contributed by atoms with van der Waals surface area (Å²) in [6, 6.07) is 6.67. The topological polar surface area (TPSA) is 98.8 Å². The summed E-state index contributed by atoms with van der Waals surface area (Å²) in [5.74, 6) is -0.954. The summed E-state index contributed by atoms with van der Waals surface area (Å²) >= 11 is 0. The summed E-state index contributed by atoms with van der Waals surface area (Å²) in [5, 5.41) is 5.07. The summed E-state index contributed by atoms with van der Waals surface area (Å²) in [5.41, 5.74) is 1.84. The quantitative estimate of drug-likeness (QED) is 0.745. The van der Waals surface area contributed by atoms with Gasteiger partial charge in [0.2, 0.25) is 11.8 Å². The number of imide groups is 1. The lowest BCUT2D eigenvalue weighted by Crippen LogP contribution is -2.45. The van der Waals surface area contributed by atoms with E-state index in [1.807, 2.05) is 31.2 Å². The monoisotopic (exact) mass is 330 g/mol. The smallest absolute Gasteiger partial charge is 0.325 e. The zero-order chi connectivity index (χ0) is 17.3. The van der Waals surface area contributed by atoms with Crippen molar-refractivity contribution in [1.82, 2.24) is 15.5 Å². The highest BCUT2D eigenvalue weighted by Gasteiger charge is 2.34. The molecule has 2 fully saturated rings. The van der Waals surface area contributed by atoms with Crippen LogP contribution in [-0.2, 0) is 14.4 Å². The maximum absolute atomic E-state index is 12.2. The van der Waals surface area contributed by atoms with E-state index in [1.54, 1.807) is 4.90 Å². The minimum absolute atomic E-state index is 0.0686. The molecule has 2 N–H and O–H groups in total. The Kier molecular flexibility index (Phi) is 4.20. The molecule has 3 rings (SSSR count). The molecule has 0 unspecified atom stereocenters. The SMILES string of the molecule is Cc1cccc(N2C[C@H](NC(=O)CN3C(=O)CNC3=O)CC2=O)c1. The number of benzene rings is 1. The summed E-state index contributed by atoms with van der Waals surface area (Å²) < 4.78 is 0. The van der Waals surface area contributed by atoms with E-state index >= 15 is 0 Å². The van der Waals surface area contributed by atoms with Crippen LogP contribution in [0.3, 0.4) is 0 Å². The number of amides is 5. The van der Waals surface area contributed by atoms with Gasteiger partial charge in [0.15, 0.2) is 0 Å². The van der Waals surface area contributed by atoms with Gasteiger partial charge in [-0.1, -0.05) is 12.1 Å². The first-order valence-electron chi connectivity index (χ1n) is 7.68. The van der Waals surface area contributed by atoms with Gasteiger partial charge in [-0.3, -0.25) is 19.3 Å². The van der Waals surface area contributed by atoms with E-state index in [0.717, 1.165) is 16.2 Å². The fourth-order valence-corrected chi connectivity index (χ4v) is 2.88. The minimum atomic E-state index is -0.570. The molecular formula is C16H18N4O4. The van der Waals surface area contributed by atoms with Crippen LogP contribution in [0, 0.1) is 6.92 Å². The van der Waals surface area contributed by atoms with Gasteiger partial charge in [0.25, 0.3) is 5.91 Å². The molecule has 8 heteroatoms. The fourth-order valence-electron chi connectivity index (χ4n) is 2.88. The highest BCUT2D eigenvalue weighted by atomic mass is 16.2. The van der Waals surface area contributed by atoms with Crippen molar-refractivity contribution in [1.29, 1.82) is 0 Å². The molecule has 24 heavy (non-hydrogen) atoms. The maximum atomic E-state index is 12.2. The predicted molar refractivity (Wildman–Crippen MR) is 85.2 cm³/mol. The summed E-state index contributed by atoms with van der Waals surface area (Å²) in [6.07, 6.45) is 0.194. The van der Waals surface area contributed by atoms with Gasteiger partial charge in [0.05, 0.1) is 12.6 Å². The van der Waals surface area contributed by atoms with Crippen LogP contribution in [0.15, 0.2) is 24.3 Å². The van der Waals surface area contributed by atoms with Crippen LogP contribution in [0.4, 0.5) is 10.5 Å². The average molecular weight is 330 g/mol. The number of urea groups is 1. The van der Waals surface area contributed by atoms with Gasteiger partial charge in [0.1, 0.15) is 6.54 Å². The lowest BCUT2D eigenvalue weighted by molar-refractivity contribution is -0.131. The van der Waals surface area contributed by atoms with Crippen molar-refractivity contribution in [2.24, 2.45) is 0 Å². The van der Waals surface area contributed by atoms with Gasteiger partial charge >= 0.3 is 6.03 Å². The van der Waals surface area contributed by atoms with Crippen molar-refractivity contribution in [3.05, 3.63) is 29.8 Å². The second-order valence-corrected chi connectivity index (χ2v) is 5.95. The lowest BCUT2D eigenvalue weighted by Gasteiger charge is -2.18. The molecule has 0 aromatic heterocycles. The predicted octanol–water partition coefficient (Wildman–Crippen LogP) is -0.232. The first-order valence-corrected chi connectivity index (χ1v) is 7.68. The summed E-state index contributed by atoms with van der Waals surface area (Å²) in [7, 11) is 0. The van der Waals surface area contributed by atoms with Gasteiger partial charge < -0.3 is 15.5 Å². The van der Waals surface area contributed by atoms with E-state index in [0.29, 0.717) is 6.54 Å². The average Bonchev–Trinajstić information content (AvgIpc) is 3.04. The van der Waals surface area contributed by atoms with Crippen molar-refractivity contribution >= 4 is 29.4 Å². The van der Waals surface area contributed by atoms with Crippen molar-refractivity contribution in [3.63, 3.8) is 0 Å². The highest BCUT2D eigenvalue weighted by molar-refractivity contribution is 6.04. The molecular weight excluding hydrogens is 312 g/mol. The van der Waals surface area contributed by atoms with Gasteiger partial charge in [-0.05, 0) is 24.6 Å². The molecule has 1 aromatic rings. The molecule has 0 spiro atoms. The minimum Gasteiger partial charge on any atom is -0.349 e. The van der Waals surface area contributed by atoms with Crippen LogP contribution >= 0.6 is 0 Å². The first kappa shape index (κ1) is 16.0. The van der Waals surface area contributed by atoms with Gasteiger partial charge in [-0.15, -0.1) is 0 Å². The Morgan fingerprint density at radius 2 is 2.08 bits per heavy atom. The van der Waals surface area contributed by atoms with Crippen molar-refractivity contribution in [2.75, 3.05) is 24.5 Å². The molecule has 0 radical (unpaired) electrons. The number of hydrogen-bond donors (Lipinski definition) is 2. The van der Waals surface area contributed by atoms with Crippen molar-refractivity contribution < 1.29 is 19.2 Å². The van der Waals surface area contributed by atoms with Crippen LogP contribution in [-0.4, -0.2) is 54.3 Å². The molecule has 2 heterocycles. The molecule has 2 saturated heterocycles. The zero-order valence-corrected chi connectivity index (χ0v) is 13.2. The zero-order valence-electron chi connectivity index (χ0n) is 13.2. The van der Waals surface area contributed by atoms with Crippen LogP contribution in [0.25, 0.3) is 0 Å². The van der Waals surface area contributed by atoms with Crippen LogP contribution in [0.1, 0.15) is 12.0 Å². The van der Waals surface area contributed by atoms with E-state index in [2.05, 4.69) is 10.6 Å². The standard InChI is InChI=1S/C16H18N4O4/c1-10-3-2-4-12(5-10)19-8-11(6-14(19)22)18-13(21)9-20-15(23)7-17-16(20)24/h2-5,11H,6-9H2,1H3,(H,17,24)(H,18,21)/t11-/m1/s1. The lowest BCUT2D eigenvalue weighted by atomic mass is 10.2. The molecule has 0 saturated carbocycles. The van der Waals surface area contributed by atoms with E-state index in [1.165, 1.54) is 0 Å². The molecule has 0 bridgehead atoms. The fraction of sp³-hybridized carbons (Fsp3) is 0.375. The Balaban J connectivity index is 1.59. The first-order chi connectivity index (χ1) is 11.4. The number of carbonyl (C=O) groups is 4. The van der Waals surface area contributed by atoms with Crippen LogP contribution < -0.4 is 15.5 Å². The molecule has 1 aromatic carbocycles.